The number of ether oxygens (including phenoxy) is 3. The van der Waals surface area contributed by atoms with E-state index in [9.17, 15) is 30.6 Å². The molecule has 5 aliphatic rings. The van der Waals surface area contributed by atoms with E-state index in [-0.39, 0.29) is 34.9 Å². The van der Waals surface area contributed by atoms with E-state index in [4.69, 9.17) is 14.2 Å². The summed E-state index contributed by atoms with van der Waals surface area (Å²) in [6.45, 7) is 14.9. The van der Waals surface area contributed by atoms with Crippen LogP contribution in [0.25, 0.3) is 0 Å². The highest BCUT2D eigenvalue weighted by molar-refractivity contribution is 5.33. The summed E-state index contributed by atoms with van der Waals surface area (Å²) in [4.78, 5) is 0. The van der Waals surface area contributed by atoms with Gasteiger partial charge in [0.2, 0.25) is 0 Å². The van der Waals surface area contributed by atoms with Crippen LogP contribution < -0.4 is 0 Å². The predicted molar refractivity (Wildman–Crippen MR) is 174 cm³/mol. The lowest BCUT2D eigenvalue weighted by Crippen LogP contribution is -2.66. The van der Waals surface area contributed by atoms with Crippen molar-refractivity contribution in [3.63, 3.8) is 0 Å². The minimum absolute atomic E-state index is 0.0128. The molecule has 14 atom stereocenters. The number of rotatable bonds is 9. The molecule has 46 heavy (non-hydrogen) atoms. The molecule has 9 nitrogen and oxygen atoms in total. The fourth-order valence-corrected chi connectivity index (χ4v) is 11.0. The molecule has 1 heterocycles. The number of fused-ring (bicyclic) bond motifs is 5. The largest absolute Gasteiger partial charge is 0.396 e. The van der Waals surface area contributed by atoms with E-state index in [1.165, 1.54) is 0 Å². The normalized spacial score (nSPS) is 48.0. The maximum atomic E-state index is 11.5. The van der Waals surface area contributed by atoms with Crippen molar-refractivity contribution in [1.29, 1.82) is 0 Å². The number of aliphatic hydroxyl groups is 6. The third-order valence-corrected chi connectivity index (χ3v) is 14.2. The molecule has 0 radical (unpaired) electrons. The van der Waals surface area contributed by atoms with Gasteiger partial charge in [0, 0.05) is 30.5 Å². The van der Waals surface area contributed by atoms with Gasteiger partial charge in [-0.25, -0.2) is 0 Å². The Morgan fingerprint density at radius 2 is 1.65 bits per heavy atom. The lowest BCUT2D eigenvalue weighted by Gasteiger charge is -2.67. The van der Waals surface area contributed by atoms with E-state index in [2.05, 4.69) is 66.7 Å². The molecule has 4 fully saturated rings. The first-order valence-corrected chi connectivity index (χ1v) is 17.6. The molecule has 0 aromatic carbocycles. The van der Waals surface area contributed by atoms with E-state index < -0.39 is 60.4 Å². The summed E-state index contributed by atoms with van der Waals surface area (Å²) < 4.78 is 18.3. The van der Waals surface area contributed by atoms with Crippen LogP contribution in [-0.2, 0) is 14.2 Å². The van der Waals surface area contributed by atoms with Gasteiger partial charge in [-0.15, -0.1) is 0 Å². The van der Waals surface area contributed by atoms with Crippen LogP contribution in [0, 0.1) is 45.3 Å². The van der Waals surface area contributed by atoms with E-state index in [1.54, 1.807) is 7.11 Å². The van der Waals surface area contributed by atoms with E-state index in [1.807, 2.05) is 0 Å². The molecule has 6 N–H and O–H groups in total. The lowest BCUT2D eigenvalue weighted by molar-refractivity contribution is -0.324. The molecule has 0 aromatic rings. The third kappa shape index (κ3) is 5.58. The van der Waals surface area contributed by atoms with Gasteiger partial charge in [-0.05, 0) is 87.4 Å². The maximum Gasteiger partial charge on any atom is 0.187 e. The highest BCUT2D eigenvalue weighted by Crippen LogP contribution is 2.75. The summed E-state index contributed by atoms with van der Waals surface area (Å²) in [5.74, 6) is 0.830. The fourth-order valence-electron chi connectivity index (χ4n) is 11.0. The summed E-state index contributed by atoms with van der Waals surface area (Å²) in [7, 11) is 1.73. The zero-order valence-corrected chi connectivity index (χ0v) is 29.4. The maximum absolute atomic E-state index is 11.5. The summed E-state index contributed by atoms with van der Waals surface area (Å²) in [6, 6.07) is 0. The van der Waals surface area contributed by atoms with E-state index >= 15 is 0 Å². The molecular weight excluding hydrogens is 588 g/mol. The summed E-state index contributed by atoms with van der Waals surface area (Å²) in [5.41, 5.74) is -0.566. The van der Waals surface area contributed by atoms with E-state index in [0.717, 1.165) is 44.1 Å². The fraction of sp³-hybridized carbons (Fsp3) is 0.892. The van der Waals surface area contributed by atoms with Crippen molar-refractivity contribution < 1.29 is 44.8 Å². The Morgan fingerprint density at radius 3 is 2.28 bits per heavy atom. The van der Waals surface area contributed by atoms with Gasteiger partial charge in [0.05, 0.1) is 24.4 Å². The lowest BCUT2D eigenvalue weighted by atomic mass is 9.38. The minimum atomic E-state index is -1.55. The van der Waals surface area contributed by atoms with Crippen molar-refractivity contribution in [3.8, 4) is 0 Å². The van der Waals surface area contributed by atoms with Crippen LogP contribution in [0.5, 0.6) is 0 Å². The van der Waals surface area contributed by atoms with Crippen LogP contribution in [-0.4, -0.2) is 99.5 Å². The average molecular weight is 651 g/mol. The highest BCUT2D eigenvalue weighted by Gasteiger charge is 2.71. The first-order valence-electron chi connectivity index (χ1n) is 17.6. The smallest absolute Gasteiger partial charge is 0.187 e. The summed E-state index contributed by atoms with van der Waals surface area (Å²) >= 11 is 0. The Balaban J connectivity index is 1.56. The van der Waals surface area contributed by atoms with Crippen LogP contribution in [0.3, 0.4) is 0 Å². The van der Waals surface area contributed by atoms with Crippen molar-refractivity contribution in [1.82, 2.24) is 0 Å². The predicted octanol–water partition coefficient (Wildman–Crippen LogP) is 3.73. The van der Waals surface area contributed by atoms with Gasteiger partial charge in [-0.2, -0.15) is 0 Å². The van der Waals surface area contributed by atoms with Crippen molar-refractivity contribution in [2.75, 3.05) is 20.3 Å². The van der Waals surface area contributed by atoms with Gasteiger partial charge in [0.15, 0.2) is 6.29 Å². The second-order valence-corrected chi connectivity index (χ2v) is 17.1. The van der Waals surface area contributed by atoms with Crippen molar-refractivity contribution in [3.05, 3.63) is 23.8 Å². The SMILES string of the molecule is COC(C)(C)C=CC[C@@H](C)[C@H]1CC[C@@]2(C)[C@@H]3[C@@H](O[C@@H]4O[C@H](CO)[C@@H](O)[C@H](O)[C@H]4O)C=C4[C@@H](CC[C@H](O)C4(C)C)[C@]3(CO)CC[C@]12C. The molecular formula is C37H62O9. The Hall–Kier alpha value is -0.880. The van der Waals surface area contributed by atoms with Gasteiger partial charge in [0.25, 0.3) is 0 Å². The van der Waals surface area contributed by atoms with Crippen molar-refractivity contribution >= 4 is 0 Å². The molecule has 1 aliphatic heterocycles. The standard InChI is InChI=1S/C37H62O9/c1-21(10-9-14-33(2,3)44-8)22-13-15-36(7)31-25(45-32-30(43)29(42)28(41)26(19-38)46-32)18-24-23(11-12-27(40)34(24,4)5)37(31,20-39)17-16-35(22,36)6/h9,14,18,21-23,25-32,38-43H,10-13,15-17,19-20H2,1-8H3/t21-,22-,23-,25+,26-,27+,28-,29+,30-,31+,32-,35-,36+,37-/m1/s1. The number of hydrogen-bond acceptors (Lipinski definition) is 9. The molecule has 3 saturated carbocycles. The second-order valence-electron chi connectivity index (χ2n) is 17.1. The average Bonchev–Trinajstić information content (AvgIpc) is 3.29. The van der Waals surface area contributed by atoms with Crippen molar-refractivity contribution in [2.45, 2.75) is 142 Å². The number of methoxy groups -OCH3 is 1. The monoisotopic (exact) mass is 650 g/mol. The van der Waals surface area contributed by atoms with Gasteiger partial charge in [-0.1, -0.05) is 58.4 Å². The minimum Gasteiger partial charge on any atom is -0.396 e. The number of aliphatic hydroxyl groups excluding tert-OH is 6. The van der Waals surface area contributed by atoms with Crippen LogP contribution in [0.4, 0.5) is 0 Å². The number of hydrogen-bond donors (Lipinski definition) is 6. The molecule has 4 aliphatic carbocycles. The highest BCUT2D eigenvalue weighted by atomic mass is 16.7. The van der Waals surface area contributed by atoms with Crippen LogP contribution in [0.2, 0.25) is 0 Å². The first kappa shape index (κ1) is 36.4. The second kappa shape index (κ2) is 12.8. The molecule has 0 bridgehead atoms. The Morgan fingerprint density at radius 1 is 0.957 bits per heavy atom. The quantitative estimate of drug-likeness (QED) is 0.205. The molecule has 0 amide bonds. The first-order chi connectivity index (χ1) is 21.4. The zero-order valence-electron chi connectivity index (χ0n) is 29.4. The third-order valence-electron chi connectivity index (χ3n) is 14.2. The molecule has 0 unspecified atom stereocenters. The van der Waals surface area contributed by atoms with Gasteiger partial charge in [0.1, 0.15) is 24.4 Å². The molecule has 5 rings (SSSR count). The van der Waals surface area contributed by atoms with Gasteiger partial charge in [-0.3, -0.25) is 0 Å². The molecule has 0 spiro atoms. The Bertz CT molecular complexity index is 1150. The molecule has 0 aromatic heterocycles. The van der Waals surface area contributed by atoms with E-state index in [0.29, 0.717) is 18.3 Å². The van der Waals surface area contributed by atoms with Gasteiger partial charge >= 0.3 is 0 Å². The molecule has 1 saturated heterocycles. The van der Waals surface area contributed by atoms with Gasteiger partial charge < -0.3 is 44.8 Å². The molecule has 264 valence electrons. The van der Waals surface area contributed by atoms with Crippen LogP contribution in [0.1, 0.15) is 93.4 Å². The van der Waals surface area contributed by atoms with Crippen LogP contribution >= 0.6 is 0 Å². The number of allylic oxidation sites excluding steroid dienone is 1. The Labute approximate surface area is 276 Å². The summed E-state index contributed by atoms with van der Waals surface area (Å²) in [6.07, 6.45) is 4.71. The Kier molecular flexibility index (Phi) is 10.1. The van der Waals surface area contributed by atoms with Crippen molar-refractivity contribution in [2.24, 2.45) is 45.3 Å². The molecule has 9 heteroatoms. The topological polar surface area (TPSA) is 149 Å². The van der Waals surface area contributed by atoms with Crippen LogP contribution in [0.15, 0.2) is 23.8 Å². The zero-order chi connectivity index (χ0) is 34.0. The summed E-state index contributed by atoms with van der Waals surface area (Å²) in [5, 5.41) is 64.8.